The van der Waals surface area contributed by atoms with Crippen molar-refractivity contribution >= 4 is 17.9 Å². The van der Waals surface area contributed by atoms with Crippen LogP contribution in [0.3, 0.4) is 0 Å². The first kappa shape index (κ1) is 20.8. The van der Waals surface area contributed by atoms with E-state index in [1.807, 2.05) is 20.8 Å². The van der Waals surface area contributed by atoms with Crippen molar-refractivity contribution in [3.05, 3.63) is 0 Å². The van der Waals surface area contributed by atoms with E-state index in [2.05, 4.69) is 5.32 Å². The van der Waals surface area contributed by atoms with E-state index in [-0.39, 0.29) is 0 Å². The molecule has 2 saturated carbocycles. The normalized spacial score (nSPS) is 59.4. The van der Waals surface area contributed by atoms with Crippen LogP contribution in [0.15, 0.2) is 0 Å². The number of hydrogen-bond acceptors (Lipinski definition) is 11. The molecule has 2 aliphatic carbocycles. The molecule has 11 nitrogen and oxygen atoms in total. The van der Waals surface area contributed by atoms with Crippen LogP contribution in [0.4, 0.5) is 0 Å². The average molecular weight is 453 g/mol. The number of hydrogen-bond donors (Lipinski definition) is 4. The quantitative estimate of drug-likeness (QED) is 0.253. The standard InChI is InChI=1S/C21H27NO10/c1-6-13(25)29-12-9(23)19-11-7(22-5)8(17(2,3)4)18(19)10(24)14(26)31-16(18)32-21(19,15(27)30-11)20(6,12)28/h6-12,16,22-24,28H,1-5H3/t6-,7+,8+,9+,10-,11?,12?,16?,18?,19?,20-,21?/m1/s1. The molecule has 0 aromatic rings. The van der Waals surface area contributed by atoms with Crippen LogP contribution in [0.25, 0.3) is 0 Å². The van der Waals surface area contributed by atoms with Gasteiger partial charge in [-0.1, -0.05) is 20.8 Å². The molecule has 0 aromatic heterocycles. The van der Waals surface area contributed by atoms with Gasteiger partial charge in [0.05, 0.1) is 16.7 Å². The van der Waals surface area contributed by atoms with Gasteiger partial charge in [-0.25, -0.2) is 9.59 Å². The smallest absolute Gasteiger partial charge is 0.343 e. The van der Waals surface area contributed by atoms with Crippen molar-refractivity contribution in [3.63, 3.8) is 0 Å². The molecule has 0 bridgehead atoms. The summed E-state index contributed by atoms with van der Waals surface area (Å²) in [6.07, 6.45) is -7.47. The summed E-state index contributed by atoms with van der Waals surface area (Å²) in [5.41, 5.74) is -8.63. The lowest BCUT2D eigenvalue weighted by Gasteiger charge is -2.47. The van der Waals surface area contributed by atoms with Crippen LogP contribution in [-0.4, -0.2) is 88.2 Å². The third kappa shape index (κ3) is 1.49. The summed E-state index contributed by atoms with van der Waals surface area (Å²) >= 11 is 0. The summed E-state index contributed by atoms with van der Waals surface area (Å²) in [6, 6.07) is -0.626. The molecule has 0 aromatic carbocycles. The first-order valence-corrected chi connectivity index (χ1v) is 10.9. The maximum Gasteiger partial charge on any atom is 0.343 e. The molecular formula is C21H27NO10. The molecule has 176 valence electrons. The summed E-state index contributed by atoms with van der Waals surface area (Å²) in [4.78, 5) is 38.8. The van der Waals surface area contributed by atoms with Crippen LogP contribution in [-0.2, 0) is 33.3 Å². The number of esters is 3. The van der Waals surface area contributed by atoms with Gasteiger partial charge in [-0.2, -0.15) is 0 Å². The fraction of sp³-hybridized carbons (Fsp3) is 0.857. The zero-order chi connectivity index (χ0) is 23.4. The molecule has 4 aliphatic heterocycles. The van der Waals surface area contributed by atoms with Gasteiger partial charge in [0.15, 0.2) is 17.8 Å². The second-order valence-corrected chi connectivity index (χ2v) is 11.1. The van der Waals surface area contributed by atoms with E-state index in [0.29, 0.717) is 0 Å². The Morgan fingerprint density at radius 3 is 2.25 bits per heavy atom. The number of likely N-dealkylation sites (N-methyl/N-ethyl adjacent to an activating group) is 1. The highest BCUT2D eigenvalue weighted by molar-refractivity contribution is 5.94. The third-order valence-corrected chi connectivity index (χ3v) is 9.32. The number of nitrogens with one attached hydrogen (secondary N) is 1. The van der Waals surface area contributed by atoms with E-state index in [4.69, 9.17) is 18.9 Å². The van der Waals surface area contributed by atoms with Crippen molar-refractivity contribution in [2.45, 2.75) is 75.6 Å². The van der Waals surface area contributed by atoms with E-state index >= 15 is 0 Å². The second-order valence-electron chi connectivity index (χ2n) is 11.1. The number of aliphatic hydroxyl groups excluding tert-OH is 2. The van der Waals surface area contributed by atoms with Gasteiger partial charge in [0.25, 0.3) is 0 Å². The minimum atomic E-state index is -2.29. The molecule has 4 saturated heterocycles. The van der Waals surface area contributed by atoms with Gasteiger partial charge in [-0.15, -0.1) is 0 Å². The molecule has 32 heavy (non-hydrogen) atoms. The number of aliphatic hydroxyl groups is 3. The Hall–Kier alpha value is -1.79. The molecule has 2 spiro atoms. The van der Waals surface area contributed by atoms with Crippen LogP contribution in [0, 0.1) is 28.1 Å². The molecule has 0 radical (unpaired) electrons. The molecule has 6 fully saturated rings. The van der Waals surface area contributed by atoms with Crippen molar-refractivity contribution in [3.8, 4) is 0 Å². The molecule has 6 aliphatic rings. The predicted octanol–water partition coefficient (Wildman–Crippen LogP) is -2.17. The Labute approximate surface area is 183 Å². The van der Waals surface area contributed by atoms with Crippen LogP contribution in [0.2, 0.25) is 0 Å². The third-order valence-electron chi connectivity index (χ3n) is 9.32. The van der Waals surface area contributed by atoms with Gasteiger partial charge in [-0.3, -0.25) is 4.79 Å². The van der Waals surface area contributed by atoms with Crippen LogP contribution in [0.5, 0.6) is 0 Å². The number of rotatable bonds is 1. The van der Waals surface area contributed by atoms with Gasteiger partial charge in [0.2, 0.25) is 11.9 Å². The van der Waals surface area contributed by atoms with Crippen LogP contribution in [0.1, 0.15) is 27.7 Å². The lowest BCUT2D eigenvalue weighted by Crippen LogP contribution is -2.67. The maximum atomic E-state index is 13.6. The zero-order valence-electron chi connectivity index (χ0n) is 18.3. The van der Waals surface area contributed by atoms with Gasteiger partial charge >= 0.3 is 17.9 Å². The lowest BCUT2D eigenvalue weighted by molar-refractivity contribution is -0.240. The molecule has 4 heterocycles. The number of fused-ring (bicyclic) bond motifs is 1. The summed E-state index contributed by atoms with van der Waals surface area (Å²) in [6.45, 7) is 7.11. The molecule has 6 unspecified atom stereocenters. The Balaban J connectivity index is 1.75. The van der Waals surface area contributed by atoms with Crippen LogP contribution < -0.4 is 5.32 Å². The van der Waals surface area contributed by atoms with Gasteiger partial charge in [0.1, 0.15) is 12.2 Å². The topological polar surface area (TPSA) is 161 Å². The van der Waals surface area contributed by atoms with Gasteiger partial charge < -0.3 is 39.6 Å². The Morgan fingerprint density at radius 2 is 1.66 bits per heavy atom. The van der Waals surface area contributed by atoms with E-state index in [0.717, 1.165) is 0 Å². The molecule has 6 rings (SSSR count). The minimum absolute atomic E-state index is 0.602. The fourth-order valence-corrected chi connectivity index (χ4v) is 8.64. The molecule has 12 atom stereocenters. The van der Waals surface area contributed by atoms with Crippen molar-refractivity contribution in [1.29, 1.82) is 0 Å². The second kappa shape index (κ2) is 5.30. The first-order valence-electron chi connectivity index (χ1n) is 10.9. The predicted molar refractivity (Wildman–Crippen MR) is 100 cm³/mol. The Bertz CT molecular complexity index is 978. The van der Waals surface area contributed by atoms with Crippen molar-refractivity contribution in [1.82, 2.24) is 5.32 Å². The Morgan fingerprint density at radius 1 is 1.00 bits per heavy atom. The lowest BCUT2D eigenvalue weighted by atomic mass is 9.51. The molecular weight excluding hydrogens is 426 g/mol. The first-order chi connectivity index (χ1) is 14.8. The van der Waals surface area contributed by atoms with Gasteiger partial charge in [0, 0.05) is 6.04 Å². The monoisotopic (exact) mass is 453 g/mol. The number of carbonyl (C=O) groups is 3. The summed E-state index contributed by atoms with van der Waals surface area (Å²) in [5.74, 6) is -4.54. The molecule has 4 N–H and O–H groups in total. The van der Waals surface area contributed by atoms with Gasteiger partial charge in [-0.05, 0) is 25.3 Å². The van der Waals surface area contributed by atoms with E-state index in [1.54, 1.807) is 7.05 Å². The van der Waals surface area contributed by atoms with Crippen molar-refractivity contribution in [2.24, 2.45) is 28.1 Å². The largest absolute Gasteiger partial charge is 0.458 e. The van der Waals surface area contributed by atoms with E-state index in [9.17, 15) is 29.7 Å². The van der Waals surface area contributed by atoms with E-state index in [1.165, 1.54) is 6.92 Å². The molecule has 11 heteroatoms. The highest BCUT2D eigenvalue weighted by Crippen LogP contribution is 2.84. The number of ether oxygens (including phenoxy) is 4. The minimum Gasteiger partial charge on any atom is -0.458 e. The van der Waals surface area contributed by atoms with Crippen molar-refractivity contribution in [2.75, 3.05) is 7.05 Å². The SMILES string of the molecule is CN[C@@H]1C2OC(=O)C34OC5OC(=O)[C@@H](O)C5([C@@H]1C(C)(C)C)C23[C@@H](O)C1OC(=O)[C@@H](C)[C@@]14O. The average Bonchev–Trinajstić information content (AvgIpc) is 3.40. The zero-order valence-corrected chi connectivity index (χ0v) is 18.3. The summed E-state index contributed by atoms with van der Waals surface area (Å²) in [5, 5.41) is 38.3. The van der Waals surface area contributed by atoms with Crippen molar-refractivity contribution < 1.29 is 48.7 Å². The highest BCUT2D eigenvalue weighted by Gasteiger charge is 3.05. The van der Waals surface area contributed by atoms with E-state index < -0.39 is 93.9 Å². The van der Waals surface area contributed by atoms with Crippen LogP contribution >= 0.6 is 0 Å². The highest BCUT2D eigenvalue weighted by atomic mass is 16.8. The molecule has 0 amide bonds. The Kier molecular flexibility index (Phi) is 3.45. The summed E-state index contributed by atoms with van der Waals surface area (Å²) < 4.78 is 22.8. The fourth-order valence-electron chi connectivity index (χ4n) is 8.64. The summed E-state index contributed by atoms with van der Waals surface area (Å²) in [7, 11) is 1.66. The number of carbonyl (C=O) groups excluding carboxylic acids is 3. The maximum absolute atomic E-state index is 13.6.